The maximum Gasteiger partial charge on any atom is 0.107 e. The maximum atomic E-state index is 9.36. The Morgan fingerprint density at radius 1 is 1.04 bits per heavy atom. The summed E-state index contributed by atoms with van der Waals surface area (Å²) < 4.78 is 0. The highest BCUT2D eigenvalue weighted by Crippen LogP contribution is 2.25. The third kappa shape index (κ3) is 4.21. The summed E-state index contributed by atoms with van der Waals surface area (Å²) in [4.78, 5) is 0. The molecule has 0 heterocycles. The summed E-state index contributed by atoms with van der Waals surface area (Å²) in [6.07, 6.45) is 5.79. The van der Waals surface area contributed by atoms with Crippen molar-refractivity contribution in [2.24, 2.45) is 0 Å². The second-order valence-electron chi connectivity index (χ2n) is 6.46. The molecule has 1 nitrogen and oxygen atoms in total. The van der Waals surface area contributed by atoms with E-state index in [0.29, 0.717) is 0 Å². The van der Waals surface area contributed by atoms with Crippen molar-refractivity contribution in [2.45, 2.75) is 39.3 Å². The molecule has 0 saturated heterocycles. The number of unbranched alkanes of at least 4 members (excludes halogenated alkanes) is 1. The van der Waals surface area contributed by atoms with Gasteiger partial charge in [-0.25, -0.2) is 0 Å². The van der Waals surface area contributed by atoms with Crippen LogP contribution in [-0.2, 0) is 0 Å². The minimum absolute atomic E-state index is 0.763. The van der Waals surface area contributed by atoms with Gasteiger partial charge in [-0.15, -0.1) is 0 Å². The molecule has 2 rings (SSSR count). The van der Waals surface area contributed by atoms with Gasteiger partial charge < -0.3 is 0 Å². The van der Waals surface area contributed by atoms with Gasteiger partial charge in [0.25, 0.3) is 0 Å². The predicted molar refractivity (Wildman–Crippen MR) is 102 cm³/mol. The van der Waals surface area contributed by atoms with Crippen molar-refractivity contribution in [1.82, 2.24) is 0 Å². The molecule has 0 N–H and O–H groups in total. The van der Waals surface area contributed by atoms with Crippen molar-refractivity contribution in [2.75, 3.05) is 0 Å². The number of nitrogens with zero attached hydrogens (tertiary/aromatic N) is 1. The molecule has 0 aliphatic heterocycles. The van der Waals surface area contributed by atoms with Crippen molar-refractivity contribution in [3.05, 3.63) is 70.9 Å². The van der Waals surface area contributed by atoms with E-state index in [0.717, 1.165) is 17.5 Å². The summed E-state index contributed by atoms with van der Waals surface area (Å²) in [5.74, 6) is 0. The van der Waals surface area contributed by atoms with Gasteiger partial charge in [0.1, 0.15) is 8.07 Å². The monoisotopic (exact) mass is 319 g/mol. The summed E-state index contributed by atoms with van der Waals surface area (Å²) in [7, 11) is -1.71. The van der Waals surface area contributed by atoms with Crippen molar-refractivity contribution in [3.8, 4) is 6.07 Å². The lowest BCUT2D eigenvalue weighted by atomic mass is 10.1. The summed E-state index contributed by atoms with van der Waals surface area (Å²) in [6.45, 7) is 7.07. The Bertz CT molecular complexity index is 708. The lowest BCUT2D eigenvalue weighted by Crippen LogP contribution is -2.43. The van der Waals surface area contributed by atoms with E-state index in [1.165, 1.54) is 23.2 Å². The smallest absolute Gasteiger partial charge is 0.107 e. The van der Waals surface area contributed by atoms with Crippen molar-refractivity contribution in [1.29, 1.82) is 5.26 Å². The van der Waals surface area contributed by atoms with Crippen LogP contribution in [0.2, 0.25) is 13.1 Å². The molecule has 0 radical (unpaired) electrons. The topological polar surface area (TPSA) is 23.8 Å². The standard InChI is InChI=1S/C21H25NSi/c1-4-5-13-21(16-18-11-9-10-12-19(18)17-22)23(2,3)20-14-7-6-8-15-20/h6-12,14-16H,4-5,13H2,1-3H3/b21-16+. The van der Waals surface area contributed by atoms with Gasteiger partial charge in [0.05, 0.1) is 11.6 Å². The zero-order chi connectivity index (χ0) is 16.7. The highest BCUT2D eigenvalue weighted by molar-refractivity contribution is 6.96. The molecule has 118 valence electrons. The number of hydrogen-bond acceptors (Lipinski definition) is 1. The van der Waals surface area contributed by atoms with Crippen LogP contribution in [0, 0.1) is 11.3 Å². The SMILES string of the molecule is CCCC/C(=C\c1ccccc1C#N)[Si](C)(C)c1ccccc1. The van der Waals surface area contributed by atoms with E-state index in [-0.39, 0.29) is 0 Å². The Labute approximate surface area is 141 Å². The molecule has 0 bridgehead atoms. The lowest BCUT2D eigenvalue weighted by Gasteiger charge is -2.27. The molecule has 0 aliphatic carbocycles. The Hall–Kier alpha value is -2.11. The molecular weight excluding hydrogens is 294 g/mol. The second kappa shape index (κ2) is 7.94. The number of nitriles is 1. The van der Waals surface area contributed by atoms with E-state index in [9.17, 15) is 5.26 Å². The summed E-state index contributed by atoms with van der Waals surface area (Å²) in [5.41, 5.74) is 1.82. The second-order valence-corrected chi connectivity index (χ2v) is 10.9. The fourth-order valence-electron chi connectivity index (χ4n) is 2.88. The number of benzene rings is 2. The zero-order valence-corrected chi connectivity index (χ0v) is 15.3. The van der Waals surface area contributed by atoms with Crippen LogP contribution in [0.5, 0.6) is 0 Å². The average molecular weight is 320 g/mol. The quantitative estimate of drug-likeness (QED) is 0.664. The molecule has 0 saturated carbocycles. The van der Waals surface area contributed by atoms with Crippen LogP contribution < -0.4 is 5.19 Å². The van der Waals surface area contributed by atoms with Crippen molar-refractivity contribution < 1.29 is 0 Å². The molecule has 0 atom stereocenters. The summed E-state index contributed by atoms with van der Waals surface area (Å²) in [5, 5.41) is 12.3. The van der Waals surface area contributed by atoms with E-state index in [1.807, 2.05) is 18.2 Å². The maximum absolute atomic E-state index is 9.36. The minimum atomic E-state index is -1.71. The molecular formula is C21H25NSi. The van der Waals surface area contributed by atoms with Gasteiger partial charge in [-0.3, -0.25) is 0 Å². The van der Waals surface area contributed by atoms with Crippen LogP contribution in [0.4, 0.5) is 0 Å². The first kappa shape index (κ1) is 17.2. The first-order valence-corrected chi connectivity index (χ1v) is 11.3. The van der Waals surface area contributed by atoms with Crippen LogP contribution >= 0.6 is 0 Å². The fourth-order valence-corrected chi connectivity index (χ4v) is 5.60. The Kier molecular flexibility index (Phi) is 5.95. The number of rotatable bonds is 6. The lowest BCUT2D eigenvalue weighted by molar-refractivity contribution is 0.806. The van der Waals surface area contributed by atoms with Crippen LogP contribution in [0.3, 0.4) is 0 Å². The Morgan fingerprint density at radius 2 is 1.70 bits per heavy atom. The van der Waals surface area contributed by atoms with Crippen molar-refractivity contribution >= 4 is 19.3 Å². The van der Waals surface area contributed by atoms with Crippen LogP contribution in [0.15, 0.2) is 59.8 Å². The molecule has 0 fully saturated rings. The summed E-state index contributed by atoms with van der Waals surface area (Å²) >= 11 is 0. The Balaban J connectivity index is 2.48. The first-order chi connectivity index (χ1) is 11.1. The van der Waals surface area contributed by atoms with Crippen LogP contribution in [0.25, 0.3) is 6.08 Å². The van der Waals surface area contributed by atoms with E-state index in [4.69, 9.17) is 0 Å². The van der Waals surface area contributed by atoms with Crippen LogP contribution in [0.1, 0.15) is 37.3 Å². The average Bonchev–Trinajstić information content (AvgIpc) is 2.59. The van der Waals surface area contributed by atoms with E-state index in [2.05, 4.69) is 68.6 Å². The summed E-state index contributed by atoms with van der Waals surface area (Å²) in [6, 6.07) is 21.1. The fraction of sp³-hybridized carbons (Fsp3) is 0.286. The van der Waals surface area contributed by atoms with Gasteiger partial charge >= 0.3 is 0 Å². The van der Waals surface area contributed by atoms with Gasteiger partial charge in [-0.1, -0.05) is 97.8 Å². The van der Waals surface area contributed by atoms with Gasteiger partial charge in [0.2, 0.25) is 0 Å². The molecule has 2 aromatic rings. The van der Waals surface area contributed by atoms with Gasteiger partial charge in [0.15, 0.2) is 0 Å². The van der Waals surface area contributed by atoms with E-state index >= 15 is 0 Å². The highest BCUT2D eigenvalue weighted by atomic mass is 28.3. The van der Waals surface area contributed by atoms with Gasteiger partial charge in [-0.05, 0) is 18.1 Å². The van der Waals surface area contributed by atoms with Gasteiger partial charge in [0, 0.05) is 0 Å². The molecule has 2 aromatic carbocycles. The molecule has 0 aliphatic rings. The molecule has 0 spiro atoms. The number of hydrogen-bond donors (Lipinski definition) is 0. The third-order valence-electron chi connectivity index (χ3n) is 4.51. The van der Waals surface area contributed by atoms with Crippen molar-refractivity contribution in [3.63, 3.8) is 0 Å². The molecule has 0 unspecified atom stereocenters. The van der Waals surface area contributed by atoms with Crippen LogP contribution in [-0.4, -0.2) is 8.07 Å². The predicted octanol–water partition coefficient (Wildman–Crippen LogP) is 5.29. The number of allylic oxidation sites excluding steroid dienone is 1. The minimum Gasteiger partial charge on any atom is -0.192 e. The largest absolute Gasteiger partial charge is 0.192 e. The van der Waals surface area contributed by atoms with E-state index in [1.54, 1.807) is 0 Å². The molecule has 0 aromatic heterocycles. The van der Waals surface area contributed by atoms with Gasteiger partial charge in [-0.2, -0.15) is 5.26 Å². The highest BCUT2D eigenvalue weighted by Gasteiger charge is 2.27. The van der Waals surface area contributed by atoms with E-state index < -0.39 is 8.07 Å². The Morgan fingerprint density at radius 3 is 2.35 bits per heavy atom. The first-order valence-electron chi connectivity index (χ1n) is 8.35. The molecule has 0 amide bonds. The normalized spacial score (nSPS) is 12.0. The molecule has 2 heteroatoms. The third-order valence-corrected chi connectivity index (χ3v) is 8.29. The molecule has 23 heavy (non-hydrogen) atoms. The zero-order valence-electron chi connectivity index (χ0n) is 14.3.